The van der Waals surface area contributed by atoms with Gasteiger partial charge in [-0.2, -0.15) is 5.26 Å². The maximum Gasteiger partial charge on any atom is 0.266 e. The van der Waals surface area contributed by atoms with Gasteiger partial charge in [-0.3, -0.25) is 4.79 Å². The fourth-order valence-corrected chi connectivity index (χ4v) is 3.82. The first-order valence-corrected chi connectivity index (χ1v) is 11.4. The average Bonchev–Trinajstić information content (AvgIpc) is 2.80. The molecule has 34 heavy (non-hydrogen) atoms. The number of nitrogens with one attached hydrogen (secondary N) is 1. The largest absolute Gasteiger partial charge is 0.490 e. The number of aryl methyl sites for hydroxylation is 1. The van der Waals surface area contributed by atoms with Crippen molar-refractivity contribution in [3.05, 3.63) is 92.7 Å². The second-order valence-corrected chi connectivity index (χ2v) is 8.41. The zero-order valence-electron chi connectivity index (χ0n) is 19.1. The van der Waals surface area contributed by atoms with E-state index >= 15 is 0 Å². The van der Waals surface area contributed by atoms with Gasteiger partial charge in [-0.25, -0.2) is 4.39 Å². The van der Waals surface area contributed by atoms with E-state index in [1.807, 2.05) is 39.0 Å². The van der Waals surface area contributed by atoms with E-state index in [1.54, 1.807) is 30.3 Å². The van der Waals surface area contributed by atoms with Crippen molar-refractivity contribution in [2.75, 3.05) is 11.9 Å². The van der Waals surface area contributed by atoms with Gasteiger partial charge >= 0.3 is 0 Å². The molecule has 0 aromatic heterocycles. The maximum atomic E-state index is 13.5. The highest BCUT2D eigenvalue weighted by Gasteiger charge is 2.15. The molecule has 1 amide bonds. The minimum atomic E-state index is -0.503. The van der Waals surface area contributed by atoms with Crippen LogP contribution in [0.2, 0.25) is 0 Å². The Morgan fingerprint density at radius 1 is 1.15 bits per heavy atom. The summed E-state index contributed by atoms with van der Waals surface area (Å²) >= 11 is 3.48. The number of benzene rings is 3. The molecule has 0 unspecified atom stereocenters. The van der Waals surface area contributed by atoms with Crippen molar-refractivity contribution in [1.82, 2.24) is 0 Å². The quantitative estimate of drug-likeness (QED) is 0.263. The zero-order chi connectivity index (χ0) is 24.7. The molecule has 0 aliphatic heterocycles. The number of rotatable bonds is 8. The highest BCUT2D eigenvalue weighted by atomic mass is 79.9. The molecule has 174 valence electrons. The summed E-state index contributed by atoms with van der Waals surface area (Å²) in [7, 11) is 0. The molecule has 3 aromatic rings. The molecule has 0 aliphatic carbocycles. The summed E-state index contributed by atoms with van der Waals surface area (Å²) in [6.45, 7) is 6.23. The lowest BCUT2D eigenvalue weighted by Gasteiger charge is -2.15. The third kappa shape index (κ3) is 6.24. The Kier molecular flexibility index (Phi) is 8.44. The molecule has 0 fully saturated rings. The molecule has 5 nitrogen and oxygen atoms in total. The number of carbonyl (C=O) groups is 1. The van der Waals surface area contributed by atoms with Crippen LogP contribution in [0.3, 0.4) is 0 Å². The van der Waals surface area contributed by atoms with Gasteiger partial charge in [0.1, 0.15) is 24.1 Å². The first kappa shape index (κ1) is 25.0. The van der Waals surface area contributed by atoms with E-state index in [0.29, 0.717) is 39.4 Å². The van der Waals surface area contributed by atoms with Crippen LogP contribution >= 0.6 is 15.9 Å². The Morgan fingerprint density at radius 3 is 2.62 bits per heavy atom. The van der Waals surface area contributed by atoms with Crippen molar-refractivity contribution < 1.29 is 18.7 Å². The van der Waals surface area contributed by atoms with E-state index in [-0.39, 0.29) is 18.0 Å². The SMILES string of the molecule is CCOc1cc(/C=C(\C#N)C(=O)Nc2cccc(C)c2C)cc(Br)c1OCc1cccc(F)c1. The number of hydrogen-bond donors (Lipinski definition) is 1. The Morgan fingerprint density at radius 2 is 1.91 bits per heavy atom. The third-order valence-corrected chi connectivity index (χ3v) is 5.72. The van der Waals surface area contributed by atoms with Crippen LogP contribution in [0.4, 0.5) is 10.1 Å². The molecule has 0 saturated carbocycles. The van der Waals surface area contributed by atoms with Crippen LogP contribution in [0.15, 0.2) is 64.6 Å². The summed E-state index contributed by atoms with van der Waals surface area (Å²) in [6, 6.07) is 17.1. The van der Waals surface area contributed by atoms with Crippen LogP contribution < -0.4 is 14.8 Å². The predicted molar refractivity (Wildman–Crippen MR) is 134 cm³/mol. The molecule has 0 spiro atoms. The number of halogens is 2. The molecule has 0 aliphatic rings. The van der Waals surface area contributed by atoms with E-state index in [0.717, 1.165) is 11.1 Å². The van der Waals surface area contributed by atoms with Crippen molar-refractivity contribution >= 4 is 33.6 Å². The lowest BCUT2D eigenvalue weighted by atomic mass is 10.1. The van der Waals surface area contributed by atoms with Crippen molar-refractivity contribution in [1.29, 1.82) is 5.26 Å². The average molecular weight is 523 g/mol. The maximum absolute atomic E-state index is 13.5. The van der Waals surface area contributed by atoms with Crippen LogP contribution in [0.5, 0.6) is 11.5 Å². The predicted octanol–water partition coefficient (Wildman–Crippen LogP) is 6.73. The molecule has 0 radical (unpaired) electrons. The highest BCUT2D eigenvalue weighted by molar-refractivity contribution is 9.10. The van der Waals surface area contributed by atoms with E-state index in [9.17, 15) is 14.4 Å². The monoisotopic (exact) mass is 522 g/mol. The summed E-state index contributed by atoms with van der Waals surface area (Å²) in [5.74, 6) is 0.0407. The topological polar surface area (TPSA) is 71.3 Å². The number of hydrogen-bond acceptors (Lipinski definition) is 4. The van der Waals surface area contributed by atoms with Crippen molar-refractivity contribution in [3.63, 3.8) is 0 Å². The number of carbonyl (C=O) groups excluding carboxylic acids is 1. The molecule has 7 heteroatoms. The van der Waals surface area contributed by atoms with Gasteiger partial charge in [0.2, 0.25) is 0 Å². The number of anilines is 1. The van der Waals surface area contributed by atoms with Gasteiger partial charge in [0.05, 0.1) is 11.1 Å². The summed E-state index contributed by atoms with van der Waals surface area (Å²) in [4.78, 5) is 12.8. The van der Waals surface area contributed by atoms with E-state index in [4.69, 9.17) is 9.47 Å². The lowest BCUT2D eigenvalue weighted by molar-refractivity contribution is -0.112. The summed E-state index contributed by atoms with van der Waals surface area (Å²) < 4.78 is 25.7. The molecular weight excluding hydrogens is 499 g/mol. The molecule has 0 heterocycles. The van der Waals surface area contributed by atoms with Gasteiger partial charge in [0.15, 0.2) is 11.5 Å². The molecule has 3 rings (SSSR count). The summed E-state index contributed by atoms with van der Waals surface area (Å²) in [5, 5.41) is 12.4. The third-order valence-electron chi connectivity index (χ3n) is 5.13. The molecule has 1 N–H and O–H groups in total. The minimum absolute atomic E-state index is 0.0521. The Hall–Kier alpha value is -3.63. The highest BCUT2D eigenvalue weighted by Crippen LogP contribution is 2.38. The Labute approximate surface area is 207 Å². The van der Waals surface area contributed by atoms with Gasteiger partial charge in [-0.15, -0.1) is 0 Å². The van der Waals surface area contributed by atoms with Crippen LogP contribution in [0.1, 0.15) is 29.2 Å². The van der Waals surface area contributed by atoms with Crippen LogP contribution in [0.25, 0.3) is 6.08 Å². The van der Waals surface area contributed by atoms with Gasteiger partial charge in [0, 0.05) is 5.69 Å². The molecule has 0 saturated heterocycles. The molecular formula is C27H24BrFN2O3. The number of amides is 1. The first-order chi connectivity index (χ1) is 16.3. The number of nitrogens with zero attached hydrogens (tertiary/aromatic N) is 1. The number of nitriles is 1. The van der Waals surface area contributed by atoms with Crippen molar-refractivity contribution in [2.45, 2.75) is 27.4 Å². The van der Waals surface area contributed by atoms with E-state index in [1.165, 1.54) is 18.2 Å². The lowest BCUT2D eigenvalue weighted by Crippen LogP contribution is -2.14. The Bertz CT molecular complexity index is 1280. The summed E-state index contributed by atoms with van der Waals surface area (Å²) in [6.07, 6.45) is 1.49. The van der Waals surface area contributed by atoms with Crippen molar-refractivity contribution in [3.8, 4) is 17.6 Å². The molecule has 0 atom stereocenters. The minimum Gasteiger partial charge on any atom is -0.490 e. The first-order valence-electron chi connectivity index (χ1n) is 10.6. The van der Waals surface area contributed by atoms with Crippen LogP contribution in [0, 0.1) is 31.0 Å². The van der Waals surface area contributed by atoms with Crippen molar-refractivity contribution in [2.24, 2.45) is 0 Å². The van der Waals surface area contributed by atoms with E-state index < -0.39 is 5.91 Å². The molecule has 3 aromatic carbocycles. The van der Waals surface area contributed by atoms with Gasteiger partial charge < -0.3 is 14.8 Å². The Balaban J connectivity index is 1.86. The summed E-state index contributed by atoms with van der Waals surface area (Å²) in [5.41, 5.74) is 3.84. The van der Waals surface area contributed by atoms with Crippen LogP contribution in [-0.4, -0.2) is 12.5 Å². The van der Waals surface area contributed by atoms with E-state index in [2.05, 4.69) is 21.2 Å². The van der Waals surface area contributed by atoms with Gasteiger partial charge in [0.25, 0.3) is 5.91 Å². The number of ether oxygens (including phenoxy) is 2. The van der Waals surface area contributed by atoms with Gasteiger partial charge in [-0.1, -0.05) is 24.3 Å². The second kappa shape index (κ2) is 11.5. The molecule has 0 bridgehead atoms. The standard InChI is InChI=1S/C27H24BrFN2O3/c1-4-33-25-14-20(13-23(28)26(25)34-16-19-8-6-9-22(29)12-19)11-21(15-30)27(32)31-24-10-5-7-17(2)18(24)3/h5-14H,4,16H2,1-3H3,(H,31,32)/b21-11+. The fourth-order valence-electron chi connectivity index (χ4n) is 3.25. The smallest absolute Gasteiger partial charge is 0.266 e. The zero-order valence-corrected chi connectivity index (χ0v) is 20.7. The normalized spacial score (nSPS) is 11.0. The van der Waals surface area contributed by atoms with Gasteiger partial charge in [-0.05, 0) is 95.4 Å². The van der Waals surface area contributed by atoms with Crippen LogP contribution in [-0.2, 0) is 11.4 Å². The fraction of sp³-hybridized carbons (Fsp3) is 0.185. The second-order valence-electron chi connectivity index (χ2n) is 7.55.